The Morgan fingerprint density at radius 3 is 2.24 bits per heavy atom. The SMILES string of the molecule is CC(C)(C)C(OC(N)=O)[C@H]1CC[C@](C)(O)CC1. The molecule has 1 amide bonds. The Bertz CT molecular complexity index is 271. The number of aliphatic hydroxyl groups is 1. The third-order valence-corrected chi connectivity index (χ3v) is 3.63. The average Bonchev–Trinajstić information content (AvgIpc) is 2.13. The molecule has 1 unspecified atom stereocenters. The Kier molecular flexibility index (Phi) is 4.07. The molecule has 0 aromatic heterocycles. The summed E-state index contributed by atoms with van der Waals surface area (Å²) in [6, 6.07) is 0. The van der Waals surface area contributed by atoms with Crippen molar-refractivity contribution in [3.63, 3.8) is 0 Å². The van der Waals surface area contributed by atoms with Gasteiger partial charge in [-0.3, -0.25) is 0 Å². The van der Waals surface area contributed by atoms with Gasteiger partial charge in [0, 0.05) is 0 Å². The Hall–Kier alpha value is -0.770. The molecule has 1 aliphatic carbocycles. The number of nitrogens with two attached hydrogens (primary N) is 1. The second-order valence-electron chi connectivity index (χ2n) is 6.56. The van der Waals surface area contributed by atoms with Crippen molar-refractivity contribution in [2.24, 2.45) is 17.1 Å². The van der Waals surface area contributed by atoms with Gasteiger partial charge in [0.25, 0.3) is 0 Å². The quantitative estimate of drug-likeness (QED) is 0.782. The van der Waals surface area contributed by atoms with E-state index in [0.29, 0.717) is 5.92 Å². The van der Waals surface area contributed by atoms with E-state index in [1.807, 2.05) is 27.7 Å². The fourth-order valence-corrected chi connectivity index (χ4v) is 2.67. The minimum Gasteiger partial charge on any atom is -0.446 e. The summed E-state index contributed by atoms with van der Waals surface area (Å²) in [5.41, 5.74) is 4.45. The molecule has 0 bridgehead atoms. The largest absolute Gasteiger partial charge is 0.446 e. The van der Waals surface area contributed by atoms with Gasteiger partial charge in [-0.1, -0.05) is 20.8 Å². The Morgan fingerprint density at radius 2 is 1.88 bits per heavy atom. The second-order valence-corrected chi connectivity index (χ2v) is 6.56. The molecular weight excluding hydrogens is 218 g/mol. The van der Waals surface area contributed by atoms with Crippen LogP contribution in [0.3, 0.4) is 0 Å². The van der Waals surface area contributed by atoms with Gasteiger partial charge < -0.3 is 15.6 Å². The molecule has 0 heterocycles. The maximum absolute atomic E-state index is 11.0. The molecular formula is C13H25NO3. The first kappa shape index (κ1) is 14.3. The van der Waals surface area contributed by atoms with Crippen LogP contribution in [0.2, 0.25) is 0 Å². The molecule has 1 rings (SSSR count). The van der Waals surface area contributed by atoms with Gasteiger partial charge in [-0.15, -0.1) is 0 Å². The van der Waals surface area contributed by atoms with Gasteiger partial charge in [-0.25, -0.2) is 4.79 Å². The number of primary amides is 1. The van der Waals surface area contributed by atoms with Gasteiger partial charge in [0.1, 0.15) is 6.10 Å². The predicted molar refractivity (Wildman–Crippen MR) is 66.5 cm³/mol. The van der Waals surface area contributed by atoms with E-state index < -0.39 is 11.7 Å². The molecule has 0 aromatic carbocycles. The molecule has 4 nitrogen and oxygen atoms in total. The van der Waals surface area contributed by atoms with E-state index >= 15 is 0 Å². The van der Waals surface area contributed by atoms with Gasteiger partial charge in [0.15, 0.2) is 0 Å². The molecule has 17 heavy (non-hydrogen) atoms. The molecule has 0 spiro atoms. The highest BCUT2D eigenvalue weighted by atomic mass is 16.6. The maximum Gasteiger partial charge on any atom is 0.404 e. The van der Waals surface area contributed by atoms with E-state index in [2.05, 4.69) is 0 Å². The van der Waals surface area contributed by atoms with Gasteiger partial charge in [0.05, 0.1) is 5.60 Å². The molecule has 1 fully saturated rings. The lowest BCUT2D eigenvalue weighted by Crippen LogP contribution is -2.43. The molecule has 4 heteroatoms. The zero-order valence-corrected chi connectivity index (χ0v) is 11.3. The first-order valence-corrected chi connectivity index (χ1v) is 6.30. The predicted octanol–water partition coefficient (Wildman–Crippen LogP) is 2.44. The lowest BCUT2D eigenvalue weighted by atomic mass is 9.71. The van der Waals surface area contributed by atoms with Gasteiger partial charge >= 0.3 is 6.09 Å². The molecule has 0 radical (unpaired) electrons. The summed E-state index contributed by atoms with van der Waals surface area (Å²) in [5, 5.41) is 9.93. The summed E-state index contributed by atoms with van der Waals surface area (Å²) >= 11 is 0. The van der Waals surface area contributed by atoms with Crippen LogP contribution in [0.5, 0.6) is 0 Å². The standard InChI is InChI=1S/C13H25NO3/c1-12(2,3)10(17-11(14)15)9-5-7-13(4,16)8-6-9/h9-10,16H,5-8H2,1-4H3,(H2,14,15)/t9-,10?,13-. The lowest BCUT2D eigenvalue weighted by Gasteiger charge is -2.41. The average molecular weight is 243 g/mol. The van der Waals surface area contributed by atoms with Crippen LogP contribution in [-0.4, -0.2) is 22.9 Å². The van der Waals surface area contributed by atoms with E-state index in [9.17, 15) is 9.90 Å². The Labute approximate surface area is 104 Å². The number of carbonyl (C=O) groups is 1. The van der Waals surface area contributed by atoms with Crippen molar-refractivity contribution < 1.29 is 14.6 Å². The Morgan fingerprint density at radius 1 is 1.41 bits per heavy atom. The lowest BCUT2D eigenvalue weighted by molar-refractivity contribution is -0.0529. The first-order valence-electron chi connectivity index (χ1n) is 6.30. The maximum atomic E-state index is 11.0. The summed E-state index contributed by atoms with van der Waals surface area (Å²) in [6.45, 7) is 8.01. The van der Waals surface area contributed by atoms with Gasteiger partial charge in [0.2, 0.25) is 0 Å². The van der Waals surface area contributed by atoms with Gasteiger partial charge in [-0.2, -0.15) is 0 Å². The van der Waals surface area contributed by atoms with Gasteiger partial charge in [-0.05, 0) is 43.9 Å². The van der Waals surface area contributed by atoms with Crippen molar-refractivity contribution in [2.45, 2.75) is 65.1 Å². The van der Waals surface area contributed by atoms with Crippen LogP contribution in [0.1, 0.15) is 53.4 Å². The third kappa shape index (κ3) is 4.19. The fraction of sp³-hybridized carbons (Fsp3) is 0.923. The van der Waals surface area contributed by atoms with Crippen LogP contribution in [0.4, 0.5) is 4.79 Å². The summed E-state index contributed by atoms with van der Waals surface area (Å²) in [6.07, 6.45) is 2.39. The van der Waals surface area contributed by atoms with Crippen LogP contribution in [0.25, 0.3) is 0 Å². The normalized spacial score (nSPS) is 31.9. The molecule has 1 atom stereocenters. The molecule has 0 aromatic rings. The highest BCUT2D eigenvalue weighted by Crippen LogP contribution is 2.39. The van der Waals surface area contributed by atoms with E-state index in [-0.39, 0.29) is 11.5 Å². The topological polar surface area (TPSA) is 72.5 Å². The first-order chi connectivity index (χ1) is 7.62. The number of ether oxygens (including phenoxy) is 1. The van der Waals surface area contributed by atoms with Crippen molar-refractivity contribution in [1.82, 2.24) is 0 Å². The highest BCUT2D eigenvalue weighted by Gasteiger charge is 2.39. The monoisotopic (exact) mass is 243 g/mol. The minimum absolute atomic E-state index is 0.122. The van der Waals surface area contributed by atoms with Crippen molar-refractivity contribution in [2.75, 3.05) is 0 Å². The van der Waals surface area contributed by atoms with Crippen LogP contribution in [-0.2, 0) is 4.74 Å². The number of amides is 1. The van der Waals surface area contributed by atoms with E-state index in [4.69, 9.17) is 10.5 Å². The molecule has 0 aliphatic heterocycles. The van der Waals surface area contributed by atoms with Crippen LogP contribution in [0.15, 0.2) is 0 Å². The van der Waals surface area contributed by atoms with Crippen LogP contribution in [0, 0.1) is 11.3 Å². The summed E-state index contributed by atoms with van der Waals surface area (Å²) < 4.78 is 5.28. The third-order valence-electron chi connectivity index (χ3n) is 3.63. The highest BCUT2D eigenvalue weighted by molar-refractivity contribution is 5.64. The molecule has 100 valence electrons. The van der Waals surface area contributed by atoms with Crippen molar-refractivity contribution in [3.8, 4) is 0 Å². The Balaban J connectivity index is 2.69. The summed E-state index contributed by atoms with van der Waals surface area (Å²) in [4.78, 5) is 11.0. The number of hydrogen-bond donors (Lipinski definition) is 2. The molecule has 3 N–H and O–H groups in total. The molecule has 0 saturated heterocycles. The zero-order chi connectivity index (χ0) is 13.3. The second kappa shape index (κ2) is 4.84. The van der Waals surface area contributed by atoms with Crippen LogP contribution >= 0.6 is 0 Å². The van der Waals surface area contributed by atoms with E-state index in [1.165, 1.54) is 0 Å². The fourth-order valence-electron chi connectivity index (χ4n) is 2.67. The molecule has 1 aliphatic rings. The number of carbonyl (C=O) groups excluding carboxylic acids is 1. The van der Waals surface area contributed by atoms with Crippen molar-refractivity contribution in [1.29, 1.82) is 0 Å². The van der Waals surface area contributed by atoms with E-state index in [0.717, 1.165) is 25.7 Å². The van der Waals surface area contributed by atoms with Crippen molar-refractivity contribution >= 4 is 6.09 Å². The summed E-state index contributed by atoms with van der Waals surface area (Å²) in [5.74, 6) is 0.294. The molecule has 1 saturated carbocycles. The summed E-state index contributed by atoms with van der Waals surface area (Å²) in [7, 11) is 0. The van der Waals surface area contributed by atoms with E-state index in [1.54, 1.807) is 0 Å². The van der Waals surface area contributed by atoms with Crippen molar-refractivity contribution in [3.05, 3.63) is 0 Å². The number of hydrogen-bond acceptors (Lipinski definition) is 3. The van der Waals surface area contributed by atoms with Crippen LogP contribution < -0.4 is 5.73 Å². The minimum atomic E-state index is -0.706. The smallest absolute Gasteiger partial charge is 0.404 e. The number of rotatable bonds is 2. The zero-order valence-electron chi connectivity index (χ0n) is 11.3.